The molecule has 0 unspecified atom stereocenters. The molecule has 0 saturated heterocycles. The zero-order valence-electron chi connectivity index (χ0n) is 7.91. The van der Waals surface area contributed by atoms with Crippen molar-refractivity contribution in [1.82, 2.24) is 4.98 Å². The summed E-state index contributed by atoms with van der Waals surface area (Å²) in [6.07, 6.45) is 1.64. The Morgan fingerprint density at radius 3 is 2.93 bits per heavy atom. The lowest BCUT2D eigenvalue weighted by atomic mass is 10.3. The lowest BCUT2D eigenvalue weighted by Crippen LogP contribution is -2.26. The number of halogens is 1. The Balaban J connectivity index is 2.87. The van der Waals surface area contributed by atoms with Crippen LogP contribution in [-0.2, 0) is 4.79 Å². The number of nitrogens with one attached hydrogen (secondary N) is 1. The van der Waals surface area contributed by atoms with Crippen LogP contribution in [0.1, 0.15) is 12.5 Å². The summed E-state index contributed by atoms with van der Waals surface area (Å²) in [5, 5.41) is 11.5. The smallest absolute Gasteiger partial charge is 0.325 e. The number of rotatable bonds is 3. The van der Waals surface area contributed by atoms with Gasteiger partial charge in [0.1, 0.15) is 11.9 Å². The summed E-state index contributed by atoms with van der Waals surface area (Å²) < 4.78 is 0.799. The standard InChI is InChI=1S/C9H11BrN2O2/c1-5-3-4-11-8(7(5)10)12-6(2)9(13)14/h3-4,6H,1-2H3,(H,11,12)(H,13,14)/t6-/m0/s1. The fourth-order valence-corrected chi connectivity index (χ4v) is 1.26. The predicted octanol–water partition coefficient (Wildman–Crippen LogP) is 2.04. The van der Waals surface area contributed by atoms with Gasteiger partial charge in [-0.3, -0.25) is 4.79 Å². The second kappa shape index (κ2) is 4.41. The van der Waals surface area contributed by atoms with Crippen molar-refractivity contribution in [1.29, 1.82) is 0 Å². The minimum Gasteiger partial charge on any atom is -0.480 e. The van der Waals surface area contributed by atoms with Gasteiger partial charge in [-0.05, 0) is 41.4 Å². The Morgan fingerprint density at radius 2 is 2.36 bits per heavy atom. The lowest BCUT2D eigenvalue weighted by molar-refractivity contribution is -0.137. The first-order valence-corrected chi connectivity index (χ1v) is 4.92. The average molecular weight is 259 g/mol. The van der Waals surface area contributed by atoms with Gasteiger partial charge in [0.05, 0.1) is 4.47 Å². The molecule has 0 bridgehead atoms. The van der Waals surface area contributed by atoms with Gasteiger partial charge in [0, 0.05) is 6.20 Å². The zero-order chi connectivity index (χ0) is 10.7. The molecule has 0 aromatic carbocycles. The van der Waals surface area contributed by atoms with Gasteiger partial charge in [0.2, 0.25) is 0 Å². The number of hydrogen-bond acceptors (Lipinski definition) is 3. The number of anilines is 1. The van der Waals surface area contributed by atoms with Crippen molar-refractivity contribution < 1.29 is 9.90 Å². The molecule has 14 heavy (non-hydrogen) atoms. The monoisotopic (exact) mass is 258 g/mol. The molecule has 1 aromatic rings. The van der Waals surface area contributed by atoms with Crippen LogP contribution in [0.3, 0.4) is 0 Å². The molecule has 0 aliphatic rings. The Kier molecular flexibility index (Phi) is 3.46. The molecule has 76 valence electrons. The van der Waals surface area contributed by atoms with Gasteiger partial charge in [-0.15, -0.1) is 0 Å². The van der Waals surface area contributed by atoms with Crippen molar-refractivity contribution in [2.45, 2.75) is 19.9 Å². The Labute approximate surface area is 90.5 Å². The molecule has 4 nitrogen and oxygen atoms in total. The molecule has 5 heteroatoms. The van der Waals surface area contributed by atoms with Crippen molar-refractivity contribution in [3.63, 3.8) is 0 Å². The summed E-state index contributed by atoms with van der Waals surface area (Å²) in [6, 6.07) is 1.20. The minimum absolute atomic E-state index is 0.555. The van der Waals surface area contributed by atoms with Gasteiger partial charge in [-0.25, -0.2) is 4.98 Å². The number of carbonyl (C=O) groups is 1. The van der Waals surface area contributed by atoms with Crippen LogP contribution in [-0.4, -0.2) is 22.1 Å². The van der Waals surface area contributed by atoms with Crippen molar-refractivity contribution in [2.24, 2.45) is 0 Å². The molecule has 0 saturated carbocycles. The Hall–Kier alpha value is -1.10. The van der Waals surface area contributed by atoms with E-state index in [0.717, 1.165) is 10.0 Å². The topological polar surface area (TPSA) is 62.2 Å². The molecule has 1 rings (SSSR count). The first-order chi connectivity index (χ1) is 6.52. The van der Waals surface area contributed by atoms with E-state index in [0.29, 0.717) is 5.82 Å². The van der Waals surface area contributed by atoms with Crippen LogP contribution < -0.4 is 5.32 Å². The summed E-state index contributed by atoms with van der Waals surface area (Å²) in [7, 11) is 0. The van der Waals surface area contributed by atoms with E-state index in [1.54, 1.807) is 13.1 Å². The molecular weight excluding hydrogens is 248 g/mol. The predicted molar refractivity (Wildman–Crippen MR) is 57.4 cm³/mol. The molecular formula is C9H11BrN2O2. The Bertz CT molecular complexity index is 355. The van der Waals surface area contributed by atoms with Gasteiger partial charge in [0.25, 0.3) is 0 Å². The fraction of sp³-hybridized carbons (Fsp3) is 0.333. The van der Waals surface area contributed by atoms with Crippen LogP contribution in [0.4, 0.5) is 5.82 Å². The second-order valence-corrected chi connectivity index (χ2v) is 3.79. The third-order valence-electron chi connectivity index (χ3n) is 1.81. The van der Waals surface area contributed by atoms with Gasteiger partial charge in [-0.1, -0.05) is 0 Å². The molecule has 1 atom stereocenters. The zero-order valence-corrected chi connectivity index (χ0v) is 9.50. The normalized spacial score (nSPS) is 12.2. The third kappa shape index (κ3) is 2.45. The highest BCUT2D eigenvalue weighted by Gasteiger charge is 2.13. The first kappa shape index (κ1) is 11.0. The molecule has 0 fully saturated rings. The summed E-state index contributed by atoms with van der Waals surface area (Å²) >= 11 is 3.34. The third-order valence-corrected chi connectivity index (χ3v) is 2.81. The summed E-state index contributed by atoms with van der Waals surface area (Å²) in [6.45, 7) is 3.49. The largest absolute Gasteiger partial charge is 0.480 e. The number of aromatic nitrogens is 1. The molecule has 0 aliphatic heterocycles. The van der Waals surface area contributed by atoms with Crippen LogP contribution in [0.5, 0.6) is 0 Å². The van der Waals surface area contributed by atoms with Crippen molar-refractivity contribution in [2.75, 3.05) is 5.32 Å². The van der Waals surface area contributed by atoms with Crippen molar-refractivity contribution in [3.05, 3.63) is 22.3 Å². The highest BCUT2D eigenvalue weighted by atomic mass is 79.9. The molecule has 0 amide bonds. The summed E-state index contributed by atoms with van der Waals surface area (Å²) in [4.78, 5) is 14.6. The van der Waals surface area contributed by atoms with E-state index < -0.39 is 12.0 Å². The molecule has 0 radical (unpaired) electrons. The molecule has 1 aromatic heterocycles. The maximum absolute atomic E-state index is 10.6. The number of pyridine rings is 1. The number of hydrogen-bond donors (Lipinski definition) is 2. The SMILES string of the molecule is Cc1ccnc(N[C@@H](C)C(=O)O)c1Br. The van der Waals surface area contributed by atoms with Crippen LogP contribution in [0.2, 0.25) is 0 Å². The maximum Gasteiger partial charge on any atom is 0.325 e. The molecule has 1 heterocycles. The van der Waals surface area contributed by atoms with Crippen LogP contribution in [0.25, 0.3) is 0 Å². The molecule has 2 N–H and O–H groups in total. The summed E-state index contributed by atoms with van der Waals surface area (Å²) in [5.74, 6) is -0.347. The van der Waals surface area contributed by atoms with E-state index in [9.17, 15) is 4.79 Å². The van der Waals surface area contributed by atoms with Crippen LogP contribution in [0.15, 0.2) is 16.7 Å². The quantitative estimate of drug-likeness (QED) is 0.871. The Morgan fingerprint density at radius 1 is 1.71 bits per heavy atom. The average Bonchev–Trinajstić information content (AvgIpc) is 2.12. The second-order valence-electron chi connectivity index (χ2n) is 2.99. The van der Waals surface area contributed by atoms with Gasteiger partial charge in [-0.2, -0.15) is 0 Å². The molecule has 0 spiro atoms. The first-order valence-electron chi connectivity index (χ1n) is 4.13. The highest BCUT2D eigenvalue weighted by Crippen LogP contribution is 2.23. The number of carboxylic acids is 1. The van der Waals surface area contributed by atoms with Crippen molar-refractivity contribution >= 4 is 27.7 Å². The number of aryl methyl sites for hydroxylation is 1. The maximum atomic E-state index is 10.6. The van der Waals surface area contributed by atoms with E-state index in [1.165, 1.54) is 0 Å². The minimum atomic E-state index is -0.903. The summed E-state index contributed by atoms with van der Waals surface area (Å²) in [5.41, 5.74) is 1.01. The van der Waals surface area contributed by atoms with E-state index in [1.807, 2.05) is 13.0 Å². The molecule has 0 aliphatic carbocycles. The van der Waals surface area contributed by atoms with Gasteiger partial charge >= 0.3 is 5.97 Å². The fourth-order valence-electron chi connectivity index (χ4n) is 0.908. The number of nitrogens with zero attached hydrogens (tertiary/aromatic N) is 1. The lowest BCUT2D eigenvalue weighted by Gasteiger charge is -2.12. The van der Waals surface area contributed by atoms with E-state index in [4.69, 9.17) is 5.11 Å². The highest BCUT2D eigenvalue weighted by molar-refractivity contribution is 9.10. The van der Waals surface area contributed by atoms with Crippen LogP contribution in [0, 0.1) is 6.92 Å². The van der Waals surface area contributed by atoms with Crippen LogP contribution >= 0.6 is 15.9 Å². The number of carboxylic acid groups (broad SMARTS) is 1. The van der Waals surface area contributed by atoms with Crippen molar-refractivity contribution in [3.8, 4) is 0 Å². The van der Waals surface area contributed by atoms with Gasteiger partial charge < -0.3 is 10.4 Å². The van der Waals surface area contributed by atoms with E-state index in [-0.39, 0.29) is 0 Å². The van der Waals surface area contributed by atoms with E-state index in [2.05, 4.69) is 26.2 Å². The van der Waals surface area contributed by atoms with E-state index >= 15 is 0 Å². The number of aliphatic carboxylic acids is 1. The van der Waals surface area contributed by atoms with Gasteiger partial charge in [0.15, 0.2) is 0 Å².